The number of nitrogens with zero attached hydrogens (tertiary/aromatic N) is 2. The standard InChI is InChI=1S/C25H28Cl2N2O4/c1-4-5-13-33-18-8-6-7-17(14-18)23(30)21-22(16-9-10-19(26)20(27)15-16)29(12-11-28(2)3)25(32)24(21)31/h6-10,14-15,22,30H,4-5,11-13H2,1-3H3/b23-21+. The van der Waals surface area contributed by atoms with E-state index in [1.165, 1.54) is 4.90 Å². The lowest BCUT2D eigenvalue weighted by atomic mass is 9.95. The molecule has 176 valence electrons. The van der Waals surface area contributed by atoms with E-state index in [-0.39, 0.29) is 11.3 Å². The molecule has 0 aromatic heterocycles. The molecule has 3 rings (SSSR count). The van der Waals surface area contributed by atoms with Crippen LogP contribution < -0.4 is 4.74 Å². The summed E-state index contributed by atoms with van der Waals surface area (Å²) in [7, 11) is 3.77. The van der Waals surface area contributed by atoms with E-state index >= 15 is 0 Å². The van der Waals surface area contributed by atoms with E-state index < -0.39 is 17.7 Å². The number of carbonyl (C=O) groups is 2. The lowest BCUT2D eigenvalue weighted by Crippen LogP contribution is -2.35. The number of unbranched alkanes of at least 4 members (excludes halogenated alkanes) is 1. The topological polar surface area (TPSA) is 70.1 Å². The first-order chi connectivity index (χ1) is 15.7. The number of benzene rings is 2. The van der Waals surface area contributed by atoms with Crippen molar-refractivity contribution in [3.8, 4) is 5.75 Å². The van der Waals surface area contributed by atoms with Gasteiger partial charge in [-0.1, -0.05) is 54.7 Å². The predicted molar refractivity (Wildman–Crippen MR) is 131 cm³/mol. The van der Waals surface area contributed by atoms with E-state index in [0.29, 0.717) is 46.6 Å². The number of aliphatic hydroxyl groups excluding tert-OH is 1. The van der Waals surface area contributed by atoms with Gasteiger partial charge in [-0.3, -0.25) is 9.59 Å². The van der Waals surface area contributed by atoms with Crippen molar-refractivity contribution < 1.29 is 19.4 Å². The number of ether oxygens (including phenoxy) is 1. The number of hydrogen-bond acceptors (Lipinski definition) is 5. The highest BCUT2D eigenvalue weighted by atomic mass is 35.5. The first-order valence-corrected chi connectivity index (χ1v) is 11.6. The summed E-state index contributed by atoms with van der Waals surface area (Å²) in [5, 5.41) is 11.9. The lowest BCUT2D eigenvalue weighted by Gasteiger charge is -2.26. The van der Waals surface area contributed by atoms with Gasteiger partial charge in [-0.2, -0.15) is 0 Å². The molecule has 0 aliphatic carbocycles. The van der Waals surface area contributed by atoms with E-state index in [1.54, 1.807) is 42.5 Å². The number of rotatable bonds is 9. The van der Waals surface area contributed by atoms with Crippen LogP contribution in [0.4, 0.5) is 0 Å². The molecule has 1 N–H and O–H groups in total. The van der Waals surface area contributed by atoms with Gasteiger partial charge < -0.3 is 19.6 Å². The lowest BCUT2D eigenvalue weighted by molar-refractivity contribution is -0.140. The van der Waals surface area contributed by atoms with E-state index in [4.69, 9.17) is 27.9 Å². The molecular weight excluding hydrogens is 463 g/mol. The molecule has 2 aromatic rings. The van der Waals surface area contributed by atoms with Crippen molar-refractivity contribution in [2.75, 3.05) is 33.8 Å². The molecule has 33 heavy (non-hydrogen) atoms. The number of likely N-dealkylation sites (N-methyl/N-ethyl adjacent to an activating group) is 1. The third kappa shape index (κ3) is 5.69. The number of aliphatic hydroxyl groups is 1. The molecule has 0 bridgehead atoms. The van der Waals surface area contributed by atoms with Crippen LogP contribution in [0.15, 0.2) is 48.0 Å². The molecule has 1 fully saturated rings. The van der Waals surface area contributed by atoms with Crippen molar-refractivity contribution >= 4 is 40.7 Å². The summed E-state index contributed by atoms with van der Waals surface area (Å²) in [6.45, 7) is 3.48. The molecule has 0 saturated carbocycles. The van der Waals surface area contributed by atoms with Crippen molar-refractivity contribution in [2.45, 2.75) is 25.8 Å². The van der Waals surface area contributed by atoms with Crippen molar-refractivity contribution in [2.24, 2.45) is 0 Å². The predicted octanol–water partition coefficient (Wildman–Crippen LogP) is 5.16. The van der Waals surface area contributed by atoms with Gasteiger partial charge in [0.25, 0.3) is 11.7 Å². The fraction of sp³-hybridized carbons (Fsp3) is 0.360. The Morgan fingerprint density at radius 3 is 2.55 bits per heavy atom. The Morgan fingerprint density at radius 1 is 1.12 bits per heavy atom. The third-order valence-corrected chi connectivity index (χ3v) is 6.20. The number of likely N-dealkylation sites (tertiary alicyclic amines) is 1. The Labute approximate surface area is 204 Å². The highest BCUT2D eigenvalue weighted by molar-refractivity contribution is 6.46. The maximum absolute atomic E-state index is 13.1. The van der Waals surface area contributed by atoms with Crippen LogP contribution in [0.1, 0.15) is 36.9 Å². The quantitative estimate of drug-likeness (QED) is 0.227. The van der Waals surface area contributed by atoms with Crippen molar-refractivity contribution in [1.29, 1.82) is 0 Å². The van der Waals surface area contributed by atoms with Gasteiger partial charge in [0, 0.05) is 18.7 Å². The minimum atomic E-state index is -0.788. The maximum atomic E-state index is 13.1. The highest BCUT2D eigenvalue weighted by Gasteiger charge is 2.46. The Kier molecular flexibility index (Phi) is 8.40. The second kappa shape index (κ2) is 11.1. The summed E-state index contributed by atoms with van der Waals surface area (Å²) in [6, 6.07) is 11.1. The summed E-state index contributed by atoms with van der Waals surface area (Å²) >= 11 is 12.3. The molecule has 1 amide bonds. The van der Waals surface area contributed by atoms with Crippen LogP contribution in [-0.4, -0.2) is 60.4 Å². The third-order valence-electron chi connectivity index (χ3n) is 5.46. The second-order valence-electron chi connectivity index (χ2n) is 8.20. The van der Waals surface area contributed by atoms with Gasteiger partial charge in [0.1, 0.15) is 11.5 Å². The van der Waals surface area contributed by atoms with E-state index in [2.05, 4.69) is 6.92 Å². The van der Waals surface area contributed by atoms with E-state index in [1.807, 2.05) is 19.0 Å². The van der Waals surface area contributed by atoms with Crippen molar-refractivity contribution in [3.05, 3.63) is 69.2 Å². The SMILES string of the molecule is CCCCOc1cccc(/C(O)=C2\C(=O)C(=O)N(CCN(C)C)C2c2ccc(Cl)c(Cl)c2)c1. The van der Waals surface area contributed by atoms with Crippen LogP contribution in [0.2, 0.25) is 10.0 Å². The average Bonchev–Trinajstić information content (AvgIpc) is 3.04. The molecule has 6 nitrogen and oxygen atoms in total. The van der Waals surface area contributed by atoms with Gasteiger partial charge in [0.2, 0.25) is 0 Å². The normalized spacial score (nSPS) is 17.8. The number of Topliss-reactive ketones (excluding diaryl/α,β-unsaturated/α-hetero) is 1. The fourth-order valence-electron chi connectivity index (χ4n) is 3.67. The monoisotopic (exact) mass is 490 g/mol. The summed E-state index contributed by atoms with van der Waals surface area (Å²) < 4.78 is 5.74. The van der Waals surface area contributed by atoms with Gasteiger partial charge in [-0.25, -0.2) is 0 Å². The van der Waals surface area contributed by atoms with Gasteiger partial charge in [-0.15, -0.1) is 0 Å². The molecule has 1 atom stereocenters. The minimum absolute atomic E-state index is 0.0165. The number of carbonyl (C=O) groups excluding carboxylic acids is 2. The molecule has 8 heteroatoms. The second-order valence-corrected chi connectivity index (χ2v) is 9.01. The van der Waals surface area contributed by atoms with Crippen molar-refractivity contribution in [3.63, 3.8) is 0 Å². The minimum Gasteiger partial charge on any atom is -0.507 e. The zero-order valence-electron chi connectivity index (χ0n) is 19.0. The summed E-state index contributed by atoms with van der Waals surface area (Å²) in [6.07, 6.45) is 1.91. The van der Waals surface area contributed by atoms with Crippen LogP contribution in [0, 0.1) is 0 Å². The summed E-state index contributed by atoms with van der Waals surface area (Å²) in [5.74, 6) is -1.07. The Balaban J connectivity index is 2.09. The van der Waals surface area contributed by atoms with Gasteiger partial charge in [0.15, 0.2) is 0 Å². The molecular formula is C25H28Cl2N2O4. The molecule has 0 spiro atoms. The zero-order chi connectivity index (χ0) is 24.1. The molecule has 1 aliphatic rings. The van der Waals surface area contributed by atoms with Crippen LogP contribution >= 0.6 is 23.2 Å². The summed E-state index contributed by atoms with van der Waals surface area (Å²) in [4.78, 5) is 29.4. The van der Waals surface area contributed by atoms with Crippen LogP contribution in [0.25, 0.3) is 5.76 Å². The van der Waals surface area contributed by atoms with Gasteiger partial charge in [-0.05, 0) is 50.3 Å². The van der Waals surface area contributed by atoms with E-state index in [0.717, 1.165) is 12.8 Å². The molecule has 2 aromatic carbocycles. The smallest absolute Gasteiger partial charge is 0.295 e. The first kappa shape index (κ1) is 25.1. The van der Waals surface area contributed by atoms with Gasteiger partial charge in [0.05, 0.1) is 28.3 Å². The Morgan fingerprint density at radius 2 is 1.88 bits per heavy atom. The Bertz CT molecular complexity index is 1070. The molecule has 1 heterocycles. The molecule has 1 aliphatic heterocycles. The van der Waals surface area contributed by atoms with Crippen LogP contribution in [0.3, 0.4) is 0 Å². The van der Waals surface area contributed by atoms with Crippen molar-refractivity contribution in [1.82, 2.24) is 9.80 Å². The summed E-state index contributed by atoms with van der Waals surface area (Å²) in [5.41, 5.74) is 1.02. The number of halogens is 2. The zero-order valence-corrected chi connectivity index (χ0v) is 20.5. The maximum Gasteiger partial charge on any atom is 0.295 e. The number of hydrogen-bond donors (Lipinski definition) is 1. The first-order valence-electron chi connectivity index (χ1n) is 10.9. The Hall–Kier alpha value is -2.54. The molecule has 0 radical (unpaired) electrons. The van der Waals surface area contributed by atoms with Crippen LogP contribution in [-0.2, 0) is 9.59 Å². The average molecular weight is 491 g/mol. The number of amides is 1. The largest absolute Gasteiger partial charge is 0.507 e. The molecule has 1 saturated heterocycles. The molecule has 1 unspecified atom stereocenters. The van der Waals surface area contributed by atoms with Gasteiger partial charge >= 0.3 is 0 Å². The highest BCUT2D eigenvalue weighted by Crippen LogP contribution is 2.41. The fourth-order valence-corrected chi connectivity index (χ4v) is 3.98. The van der Waals surface area contributed by atoms with Crippen LogP contribution in [0.5, 0.6) is 5.75 Å². The number of ketones is 1. The van der Waals surface area contributed by atoms with E-state index in [9.17, 15) is 14.7 Å².